The second-order valence-corrected chi connectivity index (χ2v) is 5.11. The minimum atomic E-state index is -0.504. The zero-order valence-electron chi connectivity index (χ0n) is 10.0. The second kappa shape index (κ2) is 5.66. The van der Waals surface area contributed by atoms with E-state index in [4.69, 9.17) is 11.6 Å². The number of aryl methyl sites for hydroxylation is 1. The minimum absolute atomic E-state index is 0.0247. The Labute approximate surface area is 122 Å². The summed E-state index contributed by atoms with van der Waals surface area (Å²) in [5.74, 6) is 0.443. The lowest BCUT2D eigenvalue weighted by molar-refractivity contribution is -0.385. The van der Waals surface area contributed by atoms with Gasteiger partial charge < -0.3 is 0 Å². The van der Waals surface area contributed by atoms with E-state index in [2.05, 4.69) is 26.0 Å². The first kappa shape index (κ1) is 14.0. The lowest BCUT2D eigenvalue weighted by Gasteiger charge is -2.00. The average Bonchev–Trinajstić information content (AvgIpc) is 2.68. The van der Waals surface area contributed by atoms with Crippen molar-refractivity contribution in [3.8, 4) is 5.82 Å². The zero-order chi connectivity index (χ0) is 14.0. The summed E-state index contributed by atoms with van der Waals surface area (Å²) in [6.45, 7) is 1.93. The molecule has 0 N–H and O–H groups in total. The van der Waals surface area contributed by atoms with Gasteiger partial charge in [-0.05, 0) is 34.5 Å². The molecule has 2 heterocycles. The highest BCUT2D eigenvalue weighted by Crippen LogP contribution is 2.31. The summed E-state index contributed by atoms with van der Waals surface area (Å²) < 4.78 is 2.10. The highest BCUT2D eigenvalue weighted by atomic mass is 79.9. The van der Waals surface area contributed by atoms with Gasteiger partial charge >= 0.3 is 5.69 Å². The quantitative estimate of drug-likeness (QED) is 0.627. The van der Waals surface area contributed by atoms with Crippen LogP contribution in [0.15, 0.2) is 22.8 Å². The van der Waals surface area contributed by atoms with Gasteiger partial charge in [-0.25, -0.2) is 4.98 Å². The van der Waals surface area contributed by atoms with Gasteiger partial charge in [0.2, 0.25) is 5.15 Å². The van der Waals surface area contributed by atoms with Crippen LogP contribution in [-0.2, 0) is 6.42 Å². The summed E-state index contributed by atoms with van der Waals surface area (Å²) in [4.78, 5) is 14.7. The summed E-state index contributed by atoms with van der Waals surface area (Å²) in [5, 5.41) is 15.2. The van der Waals surface area contributed by atoms with E-state index < -0.39 is 4.92 Å². The molecule has 0 fully saturated rings. The summed E-state index contributed by atoms with van der Waals surface area (Å²) >= 11 is 9.31. The molecular weight excluding hydrogens is 336 g/mol. The van der Waals surface area contributed by atoms with Crippen molar-refractivity contribution < 1.29 is 4.92 Å². The van der Waals surface area contributed by atoms with Crippen LogP contribution in [0.5, 0.6) is 0 Å². The third kappa shape index (κ3) is 2.76. The molecule has 0 radical (unpaired) electrons. The topological polar surface area (TPSA) is 73.8 Å². The first-order valence-electron chi connectivity index (χ1n) is 5.58. The van der Waals surface area contributed by atoms with Crippen molar-refractivity contribution in [2.45, 2.75) is 19.8 Å². The van der Waals surface area contributed by atoms with E-state index in [1.54, 1.807) is 18.3 Å². The van der Waals surface area contributed by atoms with Gasteiger partial charge in [-0.1, -0.05) is 24.9 Å². The summed E-state index contributed by atoms with van der Waals surface area (Å²) in [7, 11) is 0. The monoisotopic (exact) mass is 344 g/mol. The van der Waals surface area contributed by atoms with E-state index in [9.17, 15) is 10.1 Å². The predicted octanol–water partition coefficient (Wildman–Crippen LogP) is 3.54. The molecule has 0 amide bonds. The van der Waals surface area contributed by atoms with E-state index in [0.29, 0.717) is 17.9 Å². The van der Waals surface area contributed by atoms with Gasteiger partial charge in [0.1, 0.15) is 5.69 Å². The number of nitro groups is 1. The Bertz CT molecular complexity index is 612. The van der Waals surface area contributed by atoms with Crippen molar-refractivity contribution in [3.63, 3.8) is 0 Å². The predicted molar refractivity (Wildman–Crippen MR) is 74.7 cm³/mol. The number of pyridine rings is 1. The fourth-order valence-electron chi connectivity index (χ4n) is 1.66. The van der Waals surface area contributed by atoms with Gasteiger partial charge in [0.15, 0.2) is 5.82 Å². The van der Waals surface area contributed by atoms with E-state index in [1.165, 1.54) is 4.68 Å². The Hall–Kier alpha value is -1.47. The number of halogens is 2. The smallest absolute Gasteiger partial charge is 0.258 e. The van der Waals surface area contributed by atoms with Crippen LogP contribution in [0.2, 0.25) is 5.15 Å². The molecule has 100 valence electrons. The summed E-state index contributed by atoms with van der Waals surface area (Å²) in [5.41, 5.74) is 0.232. The number of aromatic nitrogens is 3. The molecule has 2 aromatic heterocycles. The van der Waals surface area contributed by atoms with E-state index in [-0.39, 0.29) is 10.8 Å². The third-order valence-corrected chi connectivity index (χ3v) is 3.28. The van der Waals surface area contributed by atoms with Gasteiger partial charge in [0.05, 0.1) is 4.92 Å². The van der Waals surface area contributed by atoms with Crippen molar-refractivity contribution in [2.24, 2.45) is 0 Å². The number of rotatable bonds is 4. The maximum Gasteiger partial charge on any atom is 0.329 e. The maximum absolute atomic E-state index is 11.1. The molecule has 2 rings (SSSR count). The van der Waals surface area contributed by atoms with Gasteiger partial charge in [0, 0.05) is 10.7 Å². The second-order valence-electron chi connectivity index (χ2n) is 3.84. The first-order chi connectivity index (χ1) is 9.04. The van der Waals surface area contributed by atoms with Crippen LogP contribution in [0, 0.1) is 10.1 Å². The van der Waals surface area contributed by atoms with Crippen molar-refractivity contribution in [3.05, 3.63) is 43.8 Å². The molecule has 8 heteroatoms. The first-order valence-corrected chi connectivity index (χ1v) is 6.75. The van der Waals surface area contributed by atoms with Gasteiger partial charge in [-0.3, -0.25) is 10.1 Å². The van der Waals surface area contributed by atoms with Crippen LogP contribution in [0.25, 0.3) is 5.82 Å². The maximum atomic E-state index is 11.1. The Morgan fingerprint density at radius 3 is 2.79 bits per heavy atom. The Balaban J connectivity index is 2.55. The van der Waals surface area contributed by atoms with Crippen molar-refractivity contribution in [2.75, 3.05) is 0 Å². The number of nitrogens with zero attached hydrogens (tertiary/aromatic N) is 4. The van der Waals surface area contributed by atoms with Gasteiger partial charge in [-0.15, -0.1) is 0 Å². The Kier molecular flexibility index (Phi) is 4.16. The zero-order valence-corrected chi connectivity index (χ0v) is 12.3. The van der Waals surface area contributed by atoms with Gasteiger partial charge in [-0.2, -0.15) is 9.78 Å². The van der Waals surface area contributed by atoms with Crippen LogP contribution >= 0.6 is 27.5 Å². The van der Waals surface area contributed by atoms with Crippen LogP contribution in [0.4, 0.5) is 5.69 Å². The third-order valence-electron chi connectivity index (χ3n) is 2.47. The van der Waals surface area contributed by atoms with Crippen LogP contribution in [0.1, 0.15) is 19.0 Å². The fraction of sp³-hybridized carbons (Fsp3) is 0.273. The molecule has 19 heavy (non-hydrogen) atoms. The van der Waals surface area contributed by atoms with E-state index in [0.717, 1.165) is 10.9 Å². The molecule has 0 saturated carbocycles. The van der Waals surface area contributed by atoms with Crippen molar-refractivity contribution >= 4 is 33.2 Å². The molecule has 0 aliphatic carbocycles. The van der Waals surface area contributed by atoms with E-state index >= 15 is 0 Å². The standard InChI is InChI=1S/C11H10BrClN4O2/c1-2-3-8-10(17(18)19)11(13)16(15-8)9-5-4-7(12)6-14-9/h4-6H,2-3H2,1H3. The SMILES string of the molecule is CCCc1nn(-c2ccc(Br)cn2)c(Cl)c1[N+](=O)[O-]. The molecule has 0 unspecified atom stereocenters. The molecule has 0 aliphatic rings. The molecule has 0 aliphatic heterocycles. The molecule has 0 spiro atoms. The normalized spacial score (nSPS) is 10.7. The lowest BCUT2D eigenvalue weighted by Crippen LogP contribution is -2.00. The lowest BCUT2D eigenvalue weighted by atomic mass is 10.2. The largest absolute Gasteiger partial charge is 0.329 e. The molecule has 0 atom stereocenters. The Morgan fingerprint density at radius 2 is 2.26 bits per heavy atom. The van der Waals surface area contributed by atoms with Crippen molar-refractivity contribution in [1.82, 2.24) is 14.8 Å². The van der Waals surface area contributed by atoms with Crippen molar-refractivity contribution in [1.29, 1.82) is 0 Å². The van der Waals surface area contributed by atoms with E-state index in [1.807, 2.05) is 6.92 Å². The fourth-order valence-corrected chi connectivity index (χ4v) is 2.20. The molecule has 2 aromatic rings. The molecule has 6 nitrogen and oxygen atoms in total. The molecular formula is C11H10BrClN4O2. The number of hydrogen-bond donors (Lipinski definition) is 0. The Morgan fingerprint density at radius 1 is 1.53 bits per heavy atom. The summed E-state index contributed by atoms with van der Waals surface area (Å²) in [6, 6.07) is 3.45. The molecule has 0 aromatic carbocycles. The molecule has 0 bridgehead atoms. The molecule has 0 saturated heterocycles. The minimum Gasteiger partial charge on any atom is -0.258 e. The summed E-state index contributed by atoms with van der Waals surface area (Å²) in [6.07, 6.45) is 2.83. The highest BCUT2D eigenvalue weighted by molar-refractivity contribution is 9.10. The van der Waals surface area contributed by atoms with Gasteiger partial charge in [0.25, 0.3) is 0 Å². The van der Waals surface area contributed by atoms with Crippen LogP contribution in [-0.4, -0.2) is 19.7 Å². The van der Waals surface area contributed by atoms with Crippen LogP contribution < -0.4 is 0 Å². The average molecular weight is 346 g/mol. The van der Waals surface area contributed by atoms with Crippen LogP contribution in [0.3, 0.4) is 0 Å². The number of hydrogen-bond acceptors (Lipinski definition) is 4. The highest BCUT2D eigenvalue weighted by Gasteiger charge is 2.26.